The summed E-state index contributed by atoms with van der Waals surface area (Å²) >= 11 is 0. The molecule has 96 valence electrons. The fourth-order valence-electron chi connectivity index (χ4n) is 2.65. The van der Waals surface area contributed by atoms with Gasteiger partial charge in [0.05, 0.1) is 18.3 Å². The molecule has 2 heterocycles. The Labute approximate surface area is 106 Å². The summed E-state index contributed by atoms with van der Waals surface area (Å²) in [6.07, 6.45) is 8.07. The summed E-state index contributed by atoms with van der Waals surface area (Å²) in [5.74, 6) is 0.854. The van der Waals surface area contributed by atoms with E-state index in [0.29, 0.717) is 6.54 Å². The minimum Gasteiger partial charge on any atom is -0.388 e. The average molecular weight is 246 g/mol. The highest BCUT2D eigenvalue weighted by atomic mass is 16.5. The maximum atomic E-state index is 10.1. The lowest BCUT2D eigenvalue weighted by Gasteiger charge is -2.05. The van der Waals surface area contributed by atoms with Crippen LogP contribution in [0.5, 0.6) is 0 Å². The molecule has 0 saturated heterocycles. The monoisotopic (exact) mass is 246 g/mol. The van der Waals surface area contributed by atoms with Crippen molar-refractivity contribution in [3.63, 3.8) is 0 Å². The Balaban J connectivity index is 1.84. The van der Waals surface area contributed by atoms with Gasteiger partial charge < -0.3 is 14.2 Å². The molecule has 0 amide bonds. The Morgan fingerprint density at radius 2 is 2.33 bits per heavy atom. The molecule has 1 unspecified atom stereocenters. The van der Waals surface area contributed by atoms with E-state index in [1.807, 2.05) is 19.2 Å². The van der Waals surface area contributed by atoms with Crippen molar-refractivity contribution in [1.29, 1.82) is 0 Å². The van der Waals surface area contributed by atoms with Gasteiger partial charge >= 0.3 is 0 Å². The zero-order valence-corrected chi connectivity index (χ0v) is 10.6. The van der Waals surface area contributed by atoms with E-state index < -0.39 is 0 Å². The highest BCUT2D eigenvalue weighted by Crippen LogP contribution is 2.29. The number of hydrogen-bond donors (Lipinski definition) is 1. The Bertz CT molecular complexity index is 542. The fourth-order valence-corrected chi connectivity index (χ4v) is 2.65. The zero-order valence-electron chi connectivity index (χ0n) is 10.6. The van der Waals surface area contributed by atoms with E-state index in [1.54, 1.807) is 0 Å². The second kappa shape index (κ2) is 4.61. The minimum absolute atomic E-state index is 0.305. The topological polar surface area (TPSA) is 51.2 Å². The van der Waals surface area contributed by atoms with Gasteiger partial charge in [0.15, 0.2) is 5.76 Å². The van der Waals surface area contributed by atoms with Gasteiger partial charge in [-0.05, 0) is 31.7 Å². The Morgan fingerprint density at radius 3 is 3.11 bits per heavy atom. The van der Waals surface area contributed by atoms with Gasteiger partial charge in [-0.1, -0.05) is 11.6 Å². The first-order chi connectivity index (χ1) is 8.72. The van der Waals surface area contributed by atoms with E-state index in [1.165, 1.54) is 5.56 Å². The van der Waals surface area contributed by atoms with Gasteiger partial charge in [0.2, 0.25) is 0 Å². The number of fused-ring (bicyclic) bond motifs is 1. The van der Waals surface area contributed by atoms with Gasteiger partial charge in [-0.3, -0.25) is 0 Å². The minimum atomic E-state index is -0.305. The first-order valence-electron chi connectivity index (χ1n) is 6.51. The molecule has 0 aliphatic heterocycles. The molecule has 1 N–H and O–H groups in total. The van der Waals surface area contributed by atoms with Crippen LogP contribution in [0, 0.1) is 6.92 Å². The Kier molecular flexibility index (Phi) is 2.96. The van der Waals surface area contributed by atoms with Gasteiger partial charge in [-0.25, -0.2) is 0 Å². The number of aliphatic hydroxyl groups is 1. The van der Waals surface area contributed by atoms with E-state index in [-0.39, 0.29) is 6.10 Å². The maximum Gasteiger partial charge on any atom is 0.156 e. The lowest BCUT2D eigenvalue weighted by Crippen LogP contribution is -1.97. The smallest absolute Gasteiger partial charge is 0.156 e. The zero-order chi connectivity index (χ0) is 12.5. The van der Waals surface area contributed by atoms with Crippen molar-refractivity contribution >= 4 is 0 Å². The van der Waals surface area contributed by atoms with Crippen molar-refractivity contribution in [2.24, 2.45) is 0 Å². The molecule has 4 nitrogen and oxygen atoms in total. The molecule has 1 aliphatic carbocycles. The molecule has 1 aliphatic rings. The highest BCUT2D eigenvalue weighted by Gasteiger charge is 2.18. The first kappa shape index (κ1) is 11.5. The molecule has 1 atom stereocenters. The summed E-state index contributed by atoms with van der Waals surface area (Å²) in [7, 11) is 0. The summed E-state index contributed by atoms with van der Waals surface area (Å²) in [5.41, 5.74) is 3.26. The SMILES string of the molecule is Cc1cc(Cn2cc3c(c2)C(O)CCCC3)on1. The van der Waals surface area contributed by atoms with Gasteiger partial charge in [0, 0.05) is 24.0 Å². The normalized spacial score (nSPS) is 19.6. The summed E-state index contributed by atoms with van der Waals surface area (Å²) < 4.78 is 7.30. The third kappa shape index (κ3) is 2.20. The summed E-state index contributed by atoms with van der Waals surface area (Å²) in [4.78, 5) is 0. The van der Waals surface area contributed by atoms with Crippen LogP contribution in [-0.2, 0) is 13.0 Å². The van der Waals surface area contributed by atoms with Crippen LogP contribution in [0.3, 0.4) is 0 Å². The molecule has 4 heteroatoms. The Hall–Kier alpha value is -1.55. The van der Waals surface area contributed by atoms with Crippen molar-refractivity contribution in [3.05, 3.63) is 41.0 Å². The number of aliphatic hydroxyl groups excluding tert-OH is 1. The number of rotatable bonds is 2. The second-order valence-electron chi connectivity index (χ2n) is 5.11. The summed E-state index contributed by atoms with van der Waals surface area (Å²) in [6, 6.07) is 1.95. The third-order valence-electron chi connectivity index (χ3n) is 3.55. The van der Waals surface area contributed by atoms with Crippen molar-refractivity contribution in [3.8, 4) is 0 Å². The molecule has 3 rings (SSSR count). The molecule has 0 spiro atoms. The van der Waals surface area contributed by atoms with Crippen LogP contribution in [-0.4, -0.2) is 14.8 Å². The molecule has 2 aromatic heterocycles. The van der Waals surface area contributed by atoms with Crippen LogP contribution in [0.2, 0.25) is 0 Å². The van der Waals surface area contributed by atoms with E-state index in [0.717, 1.165) is 42.7 Å². The van der Waals surface area contributed by atoms with Crippen molar-refractivity contribution in [2.45, 2.75) is 45.3 Å². The van der Waals surface area contributed by atoms with E-state index in [9.17, 15) is 5.11 Å². The van der Waals surface area contributed by atoms with Crippen LogP contribution in [0.1, 0.15) is 47.9 Å². The predicted octanol–water partition coefficient (Wildman–Crippen LogP) is 2.59. The predicted molar refractivity (Wildman–Crippen MR) is 67.3 cm³/mol. The van der Waals surface area contributed by atoms with Crippen LogP contribution in [0.25, 0.3) is 0 Å². The molecule has 18 heavy (non-hydrogen) atoms. The van der Waals surface area contributed by atoms with Crippen LogP contribution in [0.4, 0.5) is 0 Å². The number of nitrogens with zero attached hydrogens (tertiary/aromatic N) is 2. The molecule has 0 fully saturated rings. The lowest BCUT2D eigenvalue weighted by molar-refractivity contribution is 0.166. The number of aryl methyl sites for hydroxylation is 2. The quantitative estimate of drug-likeness (QED) is 0.829. The van der Waals surface area contributed by atoms with Gasteiger partial charge in [-0.2, -0.15) is 0 Å². The largest absolute Gasteiger partial charge is 0.388 e. The third-order valence-corrected chi connectivity index (χ3v) is 3.55. The van der Waals surface area contributed by atoms with Crippen molar-refractivity contribution in [1.82, 2.24) is 9.72 Å². The summed E-state index contributed by atoms with van der Waals surface area (Å²) in [5, 5.41) is 14.0. The van der Waals surface area contributed by atoms with E-state index in [4.69, 9.17) is 4.52 Å². The molecular formula is C14H18N2O2. The molecule has 0 saturated carbocycles. The number of hydrogen-bond acceptors (Lipinski definition) is 3. The first-order valence-corrected chi connectivity index (χ1v) is 6.51. The van der Waals surface area contributed by atoms with Crippen molar-refractivity contribution < 1.29 is 9.63 Å². The lowest BCUT2D eigenvalue weighted by atomic mass is 10.1. The maximum absolute atomic E-state index is 10.1. The van der Waals surface area contributed by atoms with Crippen LogP contribution in [0.15, 0.2) is 23.0 Å². The molecule has 0 aromatic carbocycles. The van der Waals surface area contributed by atoms with Gasteiger partial charge in [0.1, 0.15) is 0 Å². The molecule has 0 bridgehead atoms. The van der Waals surface area contributed by atoms with Crippen LogP contribution >= 0.6 is 0 Å². The van der Waals surface area contributed by atoms with Crippen LogP contribution < -0.4 is 0 Å². The summed E-state index contributed by atoms with van der Waals surface area (Å²) in [6.45, 7) is 2.60. The standard InChI is InChI=1S/C14H18N2O2/c1-10-6-12(18-15-10)8-16-7-11-4-2-3-5-14(17)13(11)9-16/h6-7,9,14,17H,2-5,8H2,1H3. The highest BCUT2D eigenvalue weighted by molar-refractivity contribution is 5.28. The molecular weight excluding hydrogens is 228 g/mol. The molecule has 0 radical (unpaired) electrons. The van der Waals surface area contributed by atoms with Crippen molar-refractivity contribution in [2.75, 3.05) is 0 Å². The number of aromatic nitrogens is 2. The fraction of sp³-hybridized carbons (Fsp3) is 0.500. The average Bonchev–Trinajstić information content (AvgIpc) is 2.88. The van der Waals surface area contributed by atoms with E-state index in [2.05, 4.69) is 15.9 Å². The second-order valence-corrected chi connectivity index (χ2v) is 5.11. The molecule has 2 aromatic rings. The van der Waals surface area contributed by atoms with Gasteiger partial charge in [0.25, 0.3) is 0 Å². The van der Waals surface area contributed by atoms with E-state index >= 15 is 0 Å². The van der Waals surface area contributed by atoms with Gasteiger partial charge in [-0.15, -0.1) is 0 Å². The Morgan fingerprint density at radius 1 is 1.44 bits per heavy atom.